The van der Waals surface area contributed by atoms with E-state index in [-0.39, 0.29) is 12.0 Å². The van der Waals surface area contributed by atoms with Gasteiger partial charge in [-0.3, -0.25) is 4.79 Å². The Morgan fingerprint density at radius 3 is 2.50 bits per heavy atom. The van der Waals surface area contributed by atoms with Crippen LogP contribution >= 0.6 is 0 Å². The Morgan fingerprint density at radius 1 is 1.39 bits per heavy atom. The first-order valence-corrected chi connectivity index (χ1v) is 7.32. The van der Waals surface area contributed by atoms with Crippen LogP contribution in [0.4, 0.5) is 0 Å². The lowest BCUT2D eigenvalue weighted by Gasteiger charge is -2.36. The van der Waals surface area contributed by atoms with Crippen LogP contribution in [0.3, 0.4) is 0 Å². The SMILES string of the molecule is CCCCC(NC1CCC(C)(C)CC1)C(=O)OC. The van der Waals surface area contributed by atoms with E-state index in [1.54, 1.807) is 0 Å². The third-order valence-corrected chi connectivity index (χ3v) is 4.11. The van der Waals surface area contributed by atoms with Crippen LogP contribution < -0.4 is 5.32 Å². The van der Waals surface area contributed by atoms with Gasteiger partial charge in [0, 0.05) is 6.04 Å². The summed E-state index contributed by atoms with van der Waals surface area (Å²) in [5.74, 6) is -0.103. The van der Waals surface area contributed by atoms with Crippen LogP contribution in [-0.4, -0.2) is 25.2 Å². The van der Waals surface area contributed by atoms with Crippen molar-refractivity contribution >= 4 is 5.97 Å². The number of hydrogen-bond donors (Lipinski definition) is 1. The highest BCUT2D eigenvalue weighted by atomic mass is 16.5. The van der Waals surface area contributed by atoms with Crippen LogP contribution in [0.5, 0.6) is 0 Å². The molecule has 18 heavy (non-hydrogen) atoms. The molecular weight excluding hydrogens is 226 g/mol. The molecule has 0 radical (unpaired) electrons. The number of rotatable bonds is 6. The summed E-state index contributed by atoms with van der Waals surface area (Å²) < 4.78 is 4.89. The average Bonchev–Trinajstić information content (AvgIpc) is 2.35. The minimum absolute atomic E-state index is 0.103. The molecule has 0 saturated heterocycles. The van der Waals surface area contributed by atoms with Crippen LogP contribution in [0.25, 0.3) is 0 Å². The number of unbranched alkanes of at least 4 members (excludes halogenated alkanes) is 1. The van der Waals surface area contributed by atoms with E-state index >= 15 is 0 Å². The van der Waals surface area contributed by atoms with Crippen molar-refractivity contribution in [2.75, 3.05) is 7.11 Å². The van der Waals surface area contributed by atoms with Crippen LogP contribution in [0.15, 0.2) is 0 Å². The summed E-state index contributed by atoms with van der Waals surface area (Å²) in [5, 5.41) is 3.50. The first kappa shape index (κ1) is 15.5. The van der Waals surface area contributed by atoms with Crippen molar-refractivity contribution < 1.29 is 9.53 Å². The maximum Gasteiger partial charge on any atom is 0.322 e. The van der Waals surface area contributed by atoms with Gasteiger partial charge in [0.25, 0.3) is 0 Å². The molecule has 1 aliphatic carbocycles. The molecule has 3 nitrogen and oxygen atoms in total. The highest BCUT2D eigenvalue weighted by molar-refractivity contribution is 5.75. The van der Waals surface area contributed by atoms with Gasteiger partial charge in [0.15, 0.2) is 0 Å². The van der Waals surface area contributed by atoms with Gasteiger partial charge in [-0.05, 0) is 37.5 Å². The molecular formula is C15H29NO2. The number of methoxy groups -OCH3 is 1. The van der Waals surface area contributed by atoms with Gasteiger partial charge >= 0.3 is 5.97 Å². The van der Waals surface area contributed by atoms with E-state index in [4.69, 9.17) is 4.74 Å². The standard InChI is InChI=1S/C15H29NO2/c1-5-6-7-13(14(17)18-4)16-12-8-10-15(2,3)11-9-12/h12-13,16H,5-11H2,1-4H3. The monoisotopic (exact) mass is 255 g/mol. The van der Waals surface area contributed by atoms with Crippen LogP contribution in [-0.2, 0) is 9.53 Å². The first-order valence-electron chi connectivity index (χ1n) is 7.32. The second-order valence-corrected chi connectivity index (χ2v) is 6.32. The Morgan fingerprint density at radius 2 is 2.00 bits per heavy atom. The molecule has 0 spiro atoms. The summed E-state index contributed by atoms with van der Waals surface area (Å²) in [6, 6.07) is 0.375. The number of esters is 1. The largest absolute Gasteiger partial charge is 0.468 e. The fraction of sp³-hybridized carbons (Fsp3) is 0.933. The van der Waals surface area contributed by atoms with Crippen molar-refractivity contribution in [3.63, 3.8) is 0 Å². The lowest BCUT2D eigenvalue weighted by atomic mass is 9.75. The van der Waals surface area contributed by atoms with Crippen molar-refractivity contribution in [2.45, 2.75) is 77.8 Å². The van der Waals surface area contributed by atoms with Gasteiger partial charge in [-0.15, -0.1) is 0 Å². The summed E-state index contributed by atoms with van der Waals surface area (Å²) in [7, 11) is 1.48. The van der Waals surface area contributed by atoms with Crippen molar-refractivity contribution in [1.29, 1.82) is 0 Å². The number of carbonyl (C=O) groups is 1. The molecule has 0 bridgehead atoms. The second kappa shape index (κ2) is 7.13. The molecule has 1 atom stereocenters. The molecule has 3 heteroatoms. The predicted molar refractivity (Wildman–Crippen MR) is 74.5 cm³/mol. The van der Waals surface area contributed by atoms with Gasteiger partial charge in [0.1, 0.15) is 6.04 Å². The zero-order valence-electron chi connectivity index (χ0n) is 12.4. The Kier molecular flexibility index (Phi) is 6.13. The molecule has 1 unspecified atom stereocenters. The number of ether oxygens (including phenoxy) is 1. The van der Waals surface area contributed by atoms with Crippen LogP contribution in [0.2, 0.25) is 0 Å². The topological polar surface area (TPSA) is 38.3 Å². The van der Waals surface area contributed by atoms with E-state index in [1.165, 1.54) is 32.8 Å². The fourth-order valence-corrected chi connectivity index (χ4v) is 2.67. The minimum atomic E-state index is -0.110. The third kappa shape index (κ3) is 4.97. The summed E-state index contributed by atoms with van der Waals surface area (Å²) in [4.78, 5) is 11.7. The lowest BCUT2D eigenvalue weighted by molar-refractivity contribution is -0.143. The maximum atomic E-state index is 11.7. The first-order chi connectivity index (χ1) is 8.48. The summed E-state index contributed by atoms with van der Waals surface area (Å²) >= 11 is 0. The number of carbonyl (C=O) groups excluding carboxylic acids is 1. The molecule has 1 saturated carbocycles. The van der Waals surface area contributed by atoms with Crippen molar-refractivity contribution in [3.8, 4) is 0 Å². The highest BCUT2D eigenvalue weighted by Crippen LogP contribution is 2.35. The van der Waals surface area contributed by atoms with Gasteiger partial charge in [-0.25, -0.2) is 0 Å². The lowest BCUT2D eigenvalue weighted by Crippen LogP contribution is -2.46. The molecule has 1 N–H and O–H groups in total. The molecule has 1 fully saturated rings. The minimum Gasteiger partial charge on any atom is -0.468 e. The van der Waals surface area contributed by atoms with Gasteiger partial charge in [-0.2, -0.15) is 0 Å². The van der Waals surface area contributed by atoms with Crippen molar-refractivity contribution in [1.82, 2.24) is 5.32 Å². The van der Waals surface area contributed by atoms with E-state index in [0.717, 1.165) is 19.3 Å². The Bertz CT molecular complexity index is 253. The molecule has 0 aliphatic heterocycles. The van der Waals surface area contributed by atoms with Crippen LogP contribution in [0.1, 0.15) is 65.7 Å². The molecule has 1 rings (SSSR count). The molecule has 0 aromatic heterocycles. The molecule has 0 aromatic carbocycles. The number of nitrogens with one attached hydrogen (secondary N) is 1. The fourth-order valence-electron chi connectivity index (χ4n) is 2.67. The Balaban J connectivity index is 2.43. The quantitative estimate of drug-likeness (QED) is 0.740. The third-order valence-electron chi connectivity index (χ3n) is 4.11. The van der Waals surface area contributed by atoms with E-state index < -0.39 is 0 Å². The summed E-state index contributed by atoms with van der Waals surface area (Å²) in [5.41, 5.74) is 0.475. The summed E-state index contributed by atoms with van der Waals surface area (Å²) in [6.45, 7) is 6.81. The highest BCUT2D eigenvalue weighted by Gasteiger charge is 2.29. The van der Waals surface area contributed by atoms with Crippen molar-refractivity contribution in [3.05, 3.63) is 0 Å². The smallest absolute Gasteiger partial charge is 0.322 e. The van der Waals surface area contributed by atoms with E-state index in [1.807, 2.05) is 0 Å². The van der Waals surface area contributed by atoms with Crippen LogP contribution in [0, 0.1) is 5.41 Å². The van der Waals surface area contributed by atoms with Gasteiger partial charge in [-0.1, -0.05) is 33.6 Å². The molecule has 0 heterocycles. The maximum absolute atomic E-state index is 11.7. The Labute approximate surface area is 112 Å². The molecule has 0 amide bonds. The molecule has 0 aromatic rings. The normalized spacial score (nSPS) is 21.6. The van der Waals surface area contributed by atoms with Crippen molar-refractivity contribution in [2.24, 2.45) is 5.41 Å². The van der Waals surface area contributed by atoms with Gasteiger partial charge < -0.3 is 10.1 Å². The average molecular weight is 255 g/mol. The second-order valence-electron chi connectivity index (χ2n) is 6.32. The van der Waals surface area contributed by atoms with Gasteiger partial charge in [0.05, 0.1) is 7.11 Å². The predicted octanol–water partition coefficient (Wildman–Crippen LogP) is 3.28. The molecule has 1 aliphatic rings. The van der Waals surface area contributed by atoms with E-state index in [9.17, 15) is 4.79 Å². The van der Waals surface area contributed by atoms with Gasteiger partial charge in [0.2, 0.25) is 0 Å². The zero-order valence-corrected chi connectivity index (χ0v) is 12.4. The van der Waals surface area contributed by atoms with E-state index in [0.29, 0.717) is 11.5 Å². The number of hydrogen-bond acceptors (Lipinski definition) is 3. The Hall–Kier alpha value is -0.570. The molecule has 106 valence electrons. The van der Waals surface area contributed by atoms with E-state index in [2.05, 4.69) is 26.1 Å². The summed E-state index contributed by atoms with van der Waals surface area (Å²) in [6.07, 6.45) is 7.92. The zero-order chi connectivity index (χ0) is 13.6.